The number of nitrogens with one attached hydrogen (secondary N) is 2. The second-order valence-corrected chi connectivity index (χ2v) is 6.60. The van der Waals surface area contributed by atoms with E-state index in [1.807, 2.05) is 61.5 Å². The summed E-state index contributed by atoms with van der Waals surface area (Å²) in [4.78, 5) is 14.7. The van der Waals surface area contributed by atoms with Crippen molar-refractivity contribution in [1.82, 2.24) is 5.32 Å². The minimum Gasteiger partial charge on any atom is -0.422 e. The minimum atomic E-state index is -0.363. The molecule has 0 saturated heterocycles. The number of para-hydroxylation sites is 1. The number of thiocarbonyl (C=S) groups is 1. The second kappa shape index (κ2) is 5.89. The van der Waals surface area contributed by atoms with Crippen molar-refractivity contribution < 1.29 is 4.42 Å². The second-order valence-electron chi connectivity index (χ2n) is 6.19. The summed E-state index contributed by atoms with van der Waals surface area (Å²) in [7, 11) is 3.98. The first-order valence-corrected chi connectivity index (χ1v) is 8.36. The first-order valence-electron chi connectivity index (χ1n) is 7.95. The van der Waals surface area contributed by atoms with Gasteiger partial charge in [-0.15, -0.1) is 0 Å². The molecular formula is C19H17N3O2S. The van der Waals surface area contributed by atoms with Gasteiger partial charge in [-0.1, -0.05) is 24.3 Å². The van der Waals surface area contributed by atoms with Crippen molar-refractivity contribution in [2.24, 2.45) is 0 Å². The summed E-state index contributed by atoms with van der Waals surface area (Å²) in [6.07, 6.45) is 0. The lowest BCUT2D eigenvalue weighted by atomic mass is 9.95. The highest BCUT2D eigenvalue weighted by atomic mass is 32.1. The molecule has 6 heteroatoms. The Morgan fingerprint density at radius 2 is 1.80 bits per heavy atom. The van der Waals surface area contributed by atoms with Crippen molar-refractivity contribution in [3.05, 3.63) is 70.1 Å². The number of hydrogen-bond acceptors (Lipinski definition) is 4. The van der Waals surface area contributed by atoms with Crippen LogP contribution in [0.15, 0.2) is 57.7 Å². The van der Waals surface area contributed by atoms with E-state index >= 15 is 0 Å². The van der Waals surface area contributed by atoms with Crippen molar-refractivity contribution in [1.29, 1.82) is 0 Å². The summed E-state index contributed by atoms with van der Waals surface area (Å²) in [6.45, 7) is 0. The summed E-state index contributed by atoms with van der Waals surface area (Å²) in [5.74, 6) is 0. The van der Waals surface area contributed by atoms with Gasteiger partial charge in [-0.05, 0) is 42.0 Å². The summed E-state index contributed by atoms with van der Waals surface area (Å²) in [5, 5.41) is 7.65. The van der Waals surface area contributed by atoms with E-state index in [2.05, 4.69) is 10.6 Å². The van der Waals surface area contributed by atoms with Crippen LogP contribution in [0.5, 0.6) is 0 Å². The van der Waals surface area contributed by atoms with Crippen LogP contribution in [0.2, 0.25) is 0 Å². The summed E-state index contributed by atoms with van der Waals surface area (Å²) >= 11 is 5.37. The van der Waals surface area contributed by atoms with E-state index < -0.39 is 0 Å². The van der Waals surface area contributed by atoms with Crippen LogP contribution < -0.4 is 21.2 Å². The molecule has 25 heavy (non-hydrogen) atoms. The average Bonchev–Trinajstić information content (AvgIpc) is 2.61. The van der Waals surface area contributed by atoms with E-state index in [4.69, 9.17) is 16.6 Å². The molecule has 0 spiro atoms. The molecule has 1 atom stereocenters. The lowest BCUT2D eigenvalue weighted by molar-refractivity contribution is 0.539. The normalized spacial score (nSPS) is 16.1. The molecule has 1 aliphatic rings. The van der Waals surface area contributed by atoms with Crippen LogP contribution in [0.4, 0.5) is 11.4 Å². The van der Waals surface area contributed by atoms with Gasteiger partial charge in [0.2, 0.25) is 0 Å². The molecule has 0 radical (unpaired) electrons. The molecule has 1 unspecified atom stereocenters. The van der Waals surface area contributed by atoms with Gasteiger partial charge in [-0.2, -0.15) is 0 Å². The molecule has 3 aromatic rings. The molecule has 1 aromatic heterocycles. The highest BCUT2D eigenvalue weighted by Crippen LogP contribution is 2.35. The SMILES string of the molecule is CN(C)c1ccc(C2NC(=S)Nc3c2c(=O)oc2ccccc32)cc1. The molecule has 0 amide bonds. The first-order chi connectivity index (χ1) is 12.0. The van der Waals surface area contributed by atoms with Crippen LogP contribution in [0.25, 0.3) is 11.0 Å². The maximum Gasteiger partial charge on any atom is 0.344 e. The van der Waals surface area contributed by atoms with E-state index in [1.165, 1.54) is 0 Å². The average molecular weight is 351 g/mol. The number of rotatable bonds is 2. The number of fused-ring (bicyclic) bond motifs is 3. The van der Waals surface area contributed by atoms with Crippen molar-refractivity contribution in [2.45, 2.75) is 6.04 Å². The highest BCUT2D eigenvalue weighted by molar-refractivity contribution is 7.80. The van der Waals surface area contributed by atoms with Crippen molar-refractivity contribution in [3.8, 4) is 0 Å². The van der Waals surface area contributed by atoms with Crippen LogP contribution >= 0.6 is 12.2 Å². The molecule has 2 N–H and O–H groups in total. The van der Waals surface area contributed by atoms with Gasteiger partial charge in [0.05, 0.1) is 17.3 Å². The Bertz CT molecular complexity index is 1030. The molecule has 0 saturated carbocycles. The summed E-state index contributed by atoms with van der Waals surface area (Å²) in [6, 6.07) is 15.1. The topological polar surface area (TPSA) is 57.5 Å². The van der Waals surface area contributed by atoms with Crippen LogP contribution in [0.1, 0.15) is 17.2 Å². The fourth-order valence-electron chi connectivity index (χ4n) is 3.13. The van der Waals surface area contributed by atoms with E-state index in [9.17, 15) is 4.79 Å². The standard InChI is InChI=1S/C19H17N3O2S/c1-22(2)12-9-7-11(8-10-12)16-15-17(21-19(25)20-16)13-5-3-4-6-14(13)24-18(15)23/h3-10,16H,1-2H3,(H2,20,21,25). The third kappa shape index (κ3) is 2.64. The molecule has 1 aliphatic heterocycles. The van der Waals surface area contributed by atoms with Crippen molar-refractivity contribution in [3.63, 3.8) is 0 Å². The Morgan fingerprint density at radius 1 is 1.08 bits per heavy atom. The molecule has 0 fully saturated rings. The van der Waals surface area contributed by atoms with E-state index in [0.717, 1.165) is 22.3 Å². The maximum atomic E-state index is 12.6. The summed E-state index contributed by atoms with van der Waals surface area (Å²) < 4.78 is 5.52. The van der Waals surface area contributed by atoms with E-state index in [0.29, 0.717) is 16.3 Å². The van der Waals surface area contributed by atoms with Gasteiger partial charge in [0.1, 0.15) is 5.58 Å². The van der Waals surface area contributed by atoms with E-state index in [1.54, 1.807) is 6.07 Å². The third-order valence-corrected chi connectivity index (χ3v) is 4.61. The fraction of sp³-hybridized carbons (Fsp3) is 0.158. The number of benzene rings is 2. The molecule has 126 valence electrons. The van der Waals surface area contributed by atoms with Gasteiger partial charge in [0.25, 0.3) is 0 Å². The van der Waals surface area contributed by atoms with Gasteiger partial charge < -0.3 is 20.0 Å². The first kappa shape index (κ1) is 15.7. The van der Waals surface area contributed by atoms with Gasteiger partial charge in [0.15, 0.2) is 5.11 Å². The fourth-order valence-corrected chi connectivity index (χ4v) is 3.35. The Balaban J connectivity index is 1.91. The van der Waals surface area contributed by atoms with Crippen LogP contribution in [-0.2, 0) is 0 Å². The zero-order chi connectivity index (χ0) is 17.6. The van der Waals surface area contributed by atoms with Crippen LogP contribution in [-0.4, -0.2) is 19.2 Å². The zero-order valence-corrected chi connectivity index (χ0v) is 14.7. The van der Waals surface area contributed by atoms with Gasteiger partial charge in [-0.25, -0.2) is 4.79 Å². The zero-order valence-electron chi connectivity index (χ0n) is 13.9. The monoisotopic (exact) mass is 351 g/mol. The van der Waals surface area contributed by atoms with Crippen molar-refractivity contribution in [2.75, 3.05) is 24.3 Å². The quantitative estimate of drug-likeness (QED) is 0.546. The predicted molar refractivity (Wildman–Crippen MR) is 104 cm³/mol. The Morgan fingerprint density at radius 3 is 2.52 bits per heavy atom. The Hall–Kier alpha value is -2.86. The predicted octanol–water partition coefficient (Wildman–Crippen LogP) is 3.25. The molecule has 4 rings (SSSR count). The summed E-state index contributed by atoms with van der Waals surface area (Å²) in [5.41, 5.74) is 3.49. The maximum absolute atomic E-state index is 12.6. The van der Waals surface area contributed by atoms with Crippen LogP contribution in [0, 0.1) is 0 Å². The molecule has 0 aliphatic carbocycles. The van der Waals surface area contributed by atoms with Crippen LogP contribution in [0.3, 0.4) is 0 Å². The molecule has 2 aromatic carbocycles. The van der Waals surface area contributed by atoms with Gasteiger partial charge in [-0.3, -0.25) is 0 Å². The lowest BCUT2D eigenvalue weighted by Crippen LogP contribution is -2.41. The Labute approximate surface area is 150 Å². The Kier molecular flexibility index (Phi) is 3.69. The number of hydrogen-bond donors (Lipinski definition) is 2. The highest BCUT2D eigenvalue weighted by Gasteiger charge is 2.29. The molecule has 2 heterocycles. The number of anilines is 2. The van der Waals surface area contributed by atoms with Crippen molar-refractivity contribution >= 4 is 39.7 Å². The van der Waals surface area contributed by atoms with Gasteiger partial charge >= 0.3 is 5.63 Å². The molecular weight excluding hydrogens is 334 g/mol. The molecule has 0 bridgehead atoms. The minimum absolute atomic E-state index is 0.346. The number of nitrogens with zero attached hydrogens (tertiary/aromatic N) is 1. The molecule has 5 nitrogen and oxygen atoms in total. The lowest BCUT2D eigenvalue weighted by Gasteiger charge is -2.29. The third-order valence-electron chi connectivity index (χ3n) is 4.39. The van der Waals surface area contributed by atoms with E-state index in [-0.39, 0.29) is 11.7 Å². The largest absolute Gasteiger partial charge is 0.422 e. The van der Waals surface area contributed by atoms with Gasteiger partial charge in [0, 0.05) is 25.2 Å². The smallest absolute Gasteiger partial charge is 0.344 e.